The van der Waals surface area contributed by atoms with E-state index in [1.54, 1.807) is 6.20 Å². The highest BCUT2D eigenvalue weighted by atomic mass is 16.6. The molecule has 0 aromatic carbocycles. The second kappa shape index (κ2) is 7.41. The molecule has 0 aliphatic rings. The molecule has 0 saturated heterocycles. The average Bonchev–Trinajstić information content (AvgIpc) is 2.75. The van der Waals surface area contributed by atoms with Gasteiger partial charge >= 0.3 is 11.9 Å². The van der Waals surface area contributed by atoms with Gasteiger partial charge in [0.05, 0.1) is 6.54 Å². The van der Waals surface area contributed by atoms with Crippen molar-refractivity contribution in [1.82, 2.24) is 9.55 Å². The Morgan fingerprint density at radius 2 is 2.00 bits per heavy atom. The lowest BCUT2D eigenvalue weighted by Gasteiger charge is -2.01. The van der Waals surface area contributed by atoms with Crippen molar-refractivity contribution in [3.8, 4) is 0 Å². The summed E-state index contributed by atoms with van der Waals surface area (Å²) in [7, 11) is 0. The number of aliphatic carboxylic acids is 1. The third kappa shape index (κ3) is 4.94. The first-order chi connectivity index (χ1) is 8.61. The van der Waals surface area contributed by atoms with E-state index in [-0.39, 0.29) is 12.4 Å². The summed E-state index contributed by atoms with van der Waals surface area (Å²) in [5.74, 6) is -0.884. The number of aromatic nitrogens is 2. The minimum absolute atomic E-state index is 0.124. The largest absolute Gasteiger partial charge is 0.481 e. The van der Waals surface area contributed by atoms with Gasteiger partial charge < -0.3 is 15.2 Å². The van der Waals surface area contributed by atoms with Gasteiger partial charge in [0, 0.05) is 6.42 Å². The summed E-state index contributed by atoms with van der Waals surface area (Å²) >= 11 is 0. The van der Waals surface area contributed by atoms with Crippen LogP contribution in [0.25, 0.3) is 0 Å². The topological polar surface area (TPSA) is 98.3 Å². The summed E-state index contributed by atoms with van der Waals surface area (Å²) in [6, 6.07) is 0. The minimum atomic E-state index is -0.760. The van der Waals surface area contributed by atoms with Crippen molar-refractivity contribution in [2.45, 2.75) is 45.1 Å². The highest BCUT2D eigenvalue weighted by molar-refractivity contribution is 5.66. The maximum absolute atomic E-state index is 10.6. The van der Waals surface area contributed by atoms with Crippen molar-refractivity contribution < 1.29 is 14.8 Å². The summed E-state index contributed by atoms with van der Waals surface area (Å²) < 4.78 is 1.53. The molecule has 1 heterocycles. The molecule has 1 aromatic heterocycles. The first kappa shape index (κ1) is 14.1. The molecule has 0 fully saturated rings. The number of carboxylic acids is 1. The molecule has 18 heavy (non-hydrogen) atoms. The van der Waals surface area contributed by atoms with Gasteiger partial charge in [-0.2, -0.15) is 0 Å². The number of imidazole rings is 1. The molecule has 0 spiro atoms. The van der Waals surface area contributed by atoms with E-state index in [0.29, 0.717) is 13.0 Å². The zero-order valence-corrected chi connectivity index (χ0v) is 10.1. The van der Waals surface area contributed by atoms with Crippen molar-refractivity contribution in [2.75, 3.05) is 0 Å². The Bertz CT molecular complexity index is 403. The van der Waals surface area contributed by atoms with Crippen LogP contribution in [0.4, 0.5) is 5.95 Å². The third-order valence-electron chi connectivity index (χ3n) is 2.65. The van der Waals surface area contributed by atoms with Crippen LogP contribution in [0, 0.1) is 10.1 Å². The summed E-state index contributed by atoms with van der Waals surface area (Å²) in [6.45, 7) is 0.579. The van der Waals surface area contributed by atoms with Crippen molar-refractivity contribution in [3.05, 3.63) is 22.5 Å². The fourth-order valence-electron chi connectivity index (χ4n) is 1.74. The van der Waals surface area contributed by atoms with Crippen LogP contribution in [0.15, 0.2) is 12.4 Å². The van der Waals surface area contributed by atoms with Crippen molar-refractivity contribution in [1.29, 1.82) is 0 Å². The highest BCUT2D eigenvalue weighted by Gasteiger charge is 2.12. The number of carbonyl (C=O) groups is 1. The predicted molar refractivity (Wildman–Crippen MR) is 64.2 cm³/mol. The van der Waals surface area contributed by atoms with E-state index in [1.807, 2.05) is 0 Å². The molecule has 0 amide bonds. The molecule has 1 rings (SSSR count). The van der Waals surface area contributed by atoms with Crippen LogP contribution in [0.3, 0.4) is 0 Å². The van der Waals surface area contributed by atoms with E-state index in [0.717, 1.165) is 25.7 Å². The fourth-order valence-corrected chi connectivity index (χ4v) is 1.74. The molecule has 0 atom stereocenters. The van der Waals surface area contributed by atoms with Gasteiger partial charge in [-0.05, 0) is 17.8 Å². The van der Waals surface area contributed by atoms with Gasteiger partial charge in [-0.15, -0.1) is 0 Å². The maximum atomic E-state index is 10.6. The summed E-state index contributed by atoms with van der Waals surface area (Å²) in [4.78, 5) is 24.0. The van der Waals surface area contributed by atoms with E-state index in [2.05, 4.69) is 4.98 Å². The molecular formula is C11H17N3O4. The SMILES string of the molecule is O=C(O)CCCCCCCn1ccnc1[N+](=O)[O-]. The van der Waals surface area contributed by atoms with Crippen molar-refractivity contribution >= 4 is 11.9 Å². The monoisotopic (exact) mass is 255 g/mol. The number of rotatable bonds is 9. The molecule has 0 radical (unpaired) electrons. The number of unbranched alkanes of at least 4 members (excludes halogenated alkanes) is 4. The van der Waals surface area contributed by atoms with E-state index in [4.69, 9.17) is 5.11 Å². The Hall–Kier alpha value is -1.92. The molecule has 0 bridgehead atoms. The van der Waals surface area contributed by atoms with Crippen LogP contribution in [0.1, 0.15) is 38.5 Å². The smallest absolute Gasteiger partial charge is 0.434 e. The van der Waals surface area contributed by atoms with Crippen molar-refractivity contribution in [3.63, 3.8) is 0 Å². The van der Waals surface area contributed by atoms with Gasteiger partial charge in [-0.25, -0.2) is 4.57 Å². The lowest BCUT2D eigenvalue weighted by molar-refractivity contribution is -0.396. The molecule has 0 aliphatic heterocycles. The Labute approximate surface area is 105 Å². The number of nitro groups is 1. The summed E-state index contributed by atoms with van der Waals surface area (Å²) in [5.41, 5.74) is 0. The fraction of sp³-hybridized carbons (Fsp3) is 0.636. The number of hydrogen-bond acceptors (Lipinski definition) is 4. The molecule has 0 unspecified atom stereocenters. The quantitative estimate of drug-likeness (QED) is 0.414. The van der Waals surface area contributed by atoms with Gasteiger partial charge in [0.25, 0.3) is 0 Å². The van der Waals surface area contributed by atoms with Gasteiger partial charge in [0.2, 0.25) is 0 Å². The lowest BCUT2D eigenvalue weighted by atomic mass is 10.1. The molecule has 100 valence electrons. The Balaban J connectivity index is 2.12. The Morgan fingerprint density at radius 3 is 2.67 bits per heavy atom. The van der Waals surface area contributed by atoms with E-state index < -0.39 is 10.9 Å². The standard InChI is InChI=1S/C11H17N3O4/c15-10(16)6-4-2-1-3-5-8-13-9-7-12-11(13)14(17)18/h7,9H,1-6,8H2,(H,15,16). The number of carboxylic acid groups (broad SMARTS) is 1. The van der Waals surface area contributed by atoms with Crippen LogP contribution >= 0.6 is 0 Å². The molecule has 1 aromatic rings. The average molecular weight is 255 g/mol. The van der Waals surface area contributed by atoms with Crippen LogP contribution in [0.2, 0.25) is 0 Å². The predicted octanol–water partition coefficient (Wildman–Crippen LogP) is 2.22. The first-order valence-electron chi connectivity index (χ1n) is 5.98. The molecule has 1 N–H and O–H groups in total. The first-order valence-corrected chi connectivity index (χ1v) is 5.98. The molecule has 0 saturated carbocycles. The lowest BCUT2D eigenvalue weighted by Crippen LogP contribution is -2.03. The highest BCUT2D eigenvalue weighted by Crippen LogP contribution is 2.11. The van der Waals surface area contributed by atoms with E-state index >= 15 is 0 Å². The zero-order valence-electron chi connectivity index (χ0n) is 10.1. The summed E-state index contributed by atoms with van der Waals surface area (Å²) in [6.07, 6.45) is 7.55. The van der Waals surface area contributed by atoms with Gasteiger partial charge in [0.1, 0.15) is 12.4 Å². The van der Waals surface area contributed by atoms with E-state index in [9.17, 15) is 14.9 Å². The number of nitrogens with zero attached hydrogens (tertiary/aromatic N) is 3. The molecule has 7 nitrogen and oxygen atoms in total. The van der Waals surface area contributed by atoms with Gasteiger partial charge in [-0.1, -0.05) is 24.2 Å². The van der Waals surface area contributed by atoms with E-state index in [1.165, 1.54) is 10.8 Å². The minimum Gasteiger partial charge on any atom is -0.481 e. The van der Waals surface area contributed by atoms with Gasteiger partial charge in [0.15, 0.2) is 0 Å². The van der Waals surface area contributed by atoms with Crippen LogP contribution in [-0.2, 0) is 11.3 Å². The molecule has 0 aliphatic carbocycles. The second-order valence-electron chi connectivity index (χ2n) is 4.09. The zero-order chi connectivity index (χ0) is 13.4. The van der Waals surface area contributed by atoms with Crippen LogP contribution < -0.4 is 0 Å². The third-order valence-corrected chi connectivity index (χ3v) is 2.65. The number of aryl methyl sites for hydroxylation is 1. The maximum Gasteiger partial charge on any atom is 0.434 e. The van der Waals surface area contributed by atoms with Crippen LogP contribution in [0.5, 0.6) is 0 Å². The Morgan fingerprint density at radius 1 is 1.33 bits per heavy atom. The Kier molecular flexibility index (Phi) is 5.83. The normalized spacial score (nSPS) is 10.4. The van der Waals surface area contributed by atoms with Gasteiger partial charge in [-0.3, -0.25) is 4.79 Å². The summed E-state index contributed by atoms with van der Waals surface area (Å²) in [5, 5.41) is 19.0. The second-order valence-corrected chi connectivity index (χ2v) is 4.09. The van der Waals surface area contributed by atoms with Crippen molar-refractivity contribution in [2.24, 2.45) is 0 Å². The van der Waals surface area contributed by atoms with Crippen LogP contribution in [-0.4, -0.2) is 25.6 Å². The number of hydrogen-bond donors (Lipinski definition) is 1. The molecule has 7 heteroatoms. The molecular weight excluding hydrogens is 238 g/mol.